The standard InChI is InChI=1S/C14H18N4O/c1-2-6-12(7-3-1)19-11-8-13-15-14(17-16-13)18-9-4-5-10-18/h1-3,6-7H,4-5,8-11H2,(H,15,16,17). The van der Waals surface area contributed by atoms with Crippen LogP contribution in [0, 0.1) is 0 Å². The summed E-state index contributed by atoms with van der Waals surface area (Å²) in [5.74, 6) is 2.60. The van der Waals surface area contributed by atoms with Crippen molar-refractivity contribution in [2.24, 2.45) is 0 Å². The molecule has 0 spiro atoms. The van der Waals surface area contributed by atoms with Crippen molar-refractivity contribution in [2.45, 2.75) is 19.3 Å². The summed E-state index contributed by atoms with van der Waals surface area (Å²) in [4.78, 5) is 6.72. The summed E-state index contributed by atoms with van der Waals surface area (Å²) in [7, 11) is 0. The first-order chi connectivity index (χ1) is 9.42. The van der Waals surface area contributed by atoms with Crippen LogP contribution in [0.2, 0.25) is 0 Å². The van der Waals surface area contributed by atoms with Gasteiger partial charge in [-0.25, -0.2) is 0 Å². The lowest BCUT2D eigenvalue weighted by Crippen LogP contribution is -2.19. The van der Waals surface area contributed by atoms with Gasteiger partial charge >= 0.3 is 0 Å². The summed E-state index contributed by atoms with van der Waals surface area (Å²) in [5.41, 5.74) is 0. The Bertz CT molecular complexity index is 505. The van der Waals surface area contributed by atoms with Crippen LogP contribution in [-0.4, -0.2) is 34.9 Å². The van der Waals surface area contributed by atoms with Crippen LogP contribution in [0.25, 0.3) is 0 Å². The number of nitrogens with one attached hydrogen (secondary N) is 1. The second-order valence-electron chi connectivity index (χ2n) is 4.69. The molecular weight excluding hydrogens is 240 g/mol. The van der Waals surface area contributed by atoms with Gasteiger partial charge in [-0.05, 0) is 25.0 Å². The van der Waals surface area contributed by atoms with Gasteiger partial charge in [0, 0.05) is 19.5 Å². The quantitative estimate of drug-likeness (QED) is 0.891. The van der Waals surface area contributed by atoms with Crippen LogP contribution < -0.4 is 9.64 Å². The Labute approximate surface area is 112 Å². The largest absolute Gasteiger partial charge is 0.493 e. The number of anilines is 1. The normalized spacial score (nSPS) is 14.8. The van der Waals surface area contributed by atoms with Gasteiger partial charge in [0.1, 0.15) is 11.6 Å². The van der Waals surface area contributed by atoms with Crippen LogP contribution in [-0.2, 0) is 6.42 Å². The third-order valence-corrected chi connectivity index (χ3v) is 3.26. The highest BCUT2D eigenvalue weighted by molar-refractivity contribution is 5.29. The third kappa shape index (κ3) is 3.05. The lowest BCUT2D eigenvalue weighted by Gasteiger charge is -2.10. The zero-order valence-electron chi connectivity index (χ0n) is 10.9. The molecule has 19 heavy (non-hydrogen) atoms. The SMILES string of the molecule is c1ccc(OCCc2nc(N3CCCC3)n[nH]2)cc1. The number of hydrogen-bond donors (Lipinski definition) is 1. The van der Waals surface area contributed by atoms with Gasteiger partial charge in [0.05, 0.1) is 6.61 Å². The van der Waals surface area contributed by atoms with E-state index in [1.54, 1.807) is 0 Å². The fourth-order valence-corrected chi connectivity index (χ4v) is 2.24. The van der Waals surface area contributed by atoms with Crippen LogP contribution in [0.3, 0.4) is 0 Å². The van der Waals surface area contributed by atoms with E-state index in [1.165, 1.54) is 12.8 Å². The number of nitrogens with zero attached hydrogens (tertiary/aromatic N) is 3. The first kappa shape index (κ1) is 12.0. The molecule has 100 valence electrons. The highest BCUT2D eigenvalue weighted by atomic mass is 16.5. The number of hydrogen-bond acceptors (Lipinski definition) is 4. The molecule has 1 aliphatic heterocycles. The lowest BCUT2D eigenvalue weighted by atomic mass is 10.3. The van der Waals surface area contributed by atoms with Crippen molar-refractivity contribution in [2.75, 3.05) is 24.6 Å². The molecule has 1 aliphatic rings. The van der Waals surface area contributed by atoms with Gasteiger partial charge in [0.2, 0.25) is 5.95 Å². The molecule has 5 nitrogen and oxygen atoms in total. The van der Waals surface area contributed by atoms with E-state index < -0.39 is 0 Å². The number of aromatic amines is 1. The van der Waals surface area contributed by atoms with Crippen molar-refractivity contribution in [1.29, 1.82) is 0 Å². The van der Waals surface area contributed by atoms with Crippen LogP contribution in [0.4, 0.5) is 5.95 Å². The number of aromatic nitrogens is 3. The van der Waals surface area contributed by atoms with Gasteiger partial charge in [0.25, 0.3) is 0 Å². The Morgan fingerprint density at radius 3 is 2.74 bits per heavy atom. The minimum atomic E-state index is 0.610. The maximum atomic E-state index is 5.64. The second kappa shape index (κ2) is 5.73. The monoisotopic (exact) mass is 258 g/mol. The molecule has 1 aromatic heterocycles. The molecule has 5 heteroatoms. The molecule has 0 saturated carbocycles. The van der Waals surface area contributed by atoms with E-state index in [4.69, 9.17) is 4.74 Å². The number of ether oxygens (including phenoxy) is 1. The maximum absolute atomic E-state index is 5.64. The summed E-state index contributed by atoms with van der Waals surface area (Å²) in [6.45, 7) is 2.74. The van der Waals surface area contributed by atoms with Crippen molar-refractivity contribution < 1.29 is 4.74 Å². The molecule has 0 radical (unpaired) electrons. The minimum Gasteiger partial charge on any atom is -0.493 e. The molecule has 2 heterocycles. The minimum absolute atomic E-state index is 0.610. The van der Waals surface area contributed by atoms with E-state index in [1.807, 2.05) is 30.3 Å². The van der Waals surface area contributed by atoms with Crippen molar-refractivity contribution in [1.82, 2.24) is 15.2 Å². The Morgan fingerprint density at radius 2 is 1.95 bits per heavy atom. The average molecular weight is 258 g/mol. The zero-order valence-corrected chi connectivity index (χ0v) is 10.9. The number of benzene rings is 1. The van der Waals surface area contributed by atoms with Crippen LogP contribution in [0.1, 0.15) is 18.7 Å². The number of rotatable bonds is 5. The highest BCUT2D eigenvalue weighted by Crippen LogP contribution is 2.15. The molecule has 0 unspecified atom stereocenters. The fraction of sp³-hybridized carbons (Fsp3) is 0.429. The van der Waals surface area contributed by atoms with Gasteiger partial charge < -0.3 is 9.64 Å². The second-order valence-corrected chi connectivity index (χ2v) is 4.69. The first-order valence-corrected chi connectivity index (χ1v) is 6.76. The summed E-state index contributed by atoms with van der Waals surface area (Å²) in [6.07, 6.45) is 3.22. The Kier molecular flexibility index (Phi) is 3.63. The van der Waals surface area contributed by atoms with E-state index >= 15 is 0 Å². The van der Waals surface area contributed by atoms with Gasteiger partial charge in [0.15, 0.2) is 0 Å². The topological polar surface area (TPSA) is 54.0 Å². The predicted octanol–water partition coefficient (Wildman–Crippen LogP) is 2.03. The van der Waals surface area contributed by atoms with Crippen molar-refractivity contribution in [3.63, 3.8) is 0 Å². The highest BCUT2D eigenvalue weighted by Gasteiger charge is 2.16. The third-order valence-electron chi connectivity index (χ3n) is 3.26. The lowest BCUT2D eigenvalue weighted by molar-refractivity contribution is 0.319. The summed E-state index contributed by atoms with van der Waals surface area (Å²) in [5, 5.41) is 7.24. The Hall–Kier alpha value is -2.04. The van der Waals surface area contributed by atoms with E-state index in [0.29, 0.717) is 6.61 Å². The number of para-hydroxylation sites is 1. The molecule has 0 atom stereocenters. The zero-order chi connectivity index (χ0) is 12.9. The van der Waals surface area contributed by atoms with E-state index in [-0.39, 0.29) is 0 Å². The summed E-state index contributed by atoms with van der Waals surface area (Å²) >= 11 is 0. The van der Waals surface area contributed by atoms with E-state index in [0.717, 1.165) is 37.0 Å². The van der Waals surface area contributed by atoms with Gasteiger partial charge in [-0.2, -0.15) is 4.98 Å². The molecular formula is C14H18N4O. The molecule has 0 aliphatic carbocycles. The fourth-order valence-electron chi connectivity index (χ4n) is 2.24. The van der Waals surface area contributed by atoms with Gasteiger partial charge in [-0.3, -0.25) is 5.10 Å². The van der Waals surface area contributed by atoms with E-state index in [2.05, 4.69) is 20.1 Å². The van der Waals surface area contributed by atoms with E-state index in [9.17, 15) is 0 Å². The average Bonchev–Trinajstić information content (AvgIpc) is 3.10. The van der Waals surface area contributed by atoms with Crippen molar-refractivity contribution in [3.05, 3.63) is 36.2 Å². The smallest absolute Gasteiger partial charge is 0.244 e. The van der Waals surface area contributed by atoms with Crippen LogP contribution in [0.5, 0.6) is 5.75 Å². The predicted molar refractivity (Wildman–Crippen MR) is 73.5 cm³/mol. The van der Waals surface area contributed by atoms with Gasteiger partial charge in [-0.1, -0.05) is 18.2 Å². The van der Waals surface area contributed by atoms with Gasteiger partial charge in [-0.15, -0.1) is 5.10 Å². The van der Waals surface area contributed by atoms with Crippen LogP contribution >= 0.6 is 0 Å². The Balaban J connectivity index is 1.50. The molecule has 3 rings (SSSR count). The van der Waals surface area contributed by atoms with Crippen molar-refractivity contribution in [3.8, 4) is 5.75 Å². The molecule has 1 saturated heterocycles. The molecule has 0 bridgehead atoms. The maximum Gasteiger partial charge on any atom is 0.244 e. The van der Waals surface area contributed by atoms with Crippen LogP contribution in [0.15, 0.2) is 30.3 Å². The molecule has 1 fully saturated rings. The Morgan fingerprint density at radius 1 is 1.16 bits per heavy atom. The molecule has 0 amide bonds. The molecule has 2 aromatic rings. The number of H-pyrrole nitrogens is 1. The van der Waals surface area contributed by atoms with Crippen molar-refractivity contribution >= 4 is 5.95 Å². The first-order valence-electron chi connectivity index (χ1n) is 6.76. The summed E-state index contributed by atoms with van der Waals surface area (Å²) < 4.78 is 5.64. The molecule has 1 N–H and O–H groups in total. The summed E-state index contributed by atoms with van der Waals surface area (Å²) in [6, 6.07) is 9.82. The molecule has 1 aromatic carbocycles.